The Morgan fingerprint density at radius 3 is 2.65 bits per heavy atom. The van der Waals surface area contributed by atoms with E-state index in [1.54, 1.807) is 12.2 Å². The predicted molar refractivity (Wildman–Crippen MR) is 87.7 cm³/mol. The molecular weight excluding hydrogens is 296 g/mol. The number of unbranched alkanes of at least 4 members (excludes halogenated alkanes) is 1. The molecule has 1 atom stereocenters. The summed E-state index contributed by atoms with van der Waals surface area (Å²) >= 11 is 0. The molecule has 0 unspecified atom stereocenters. The van der Waals surface area contributed by atoms with E-state index in [1.165, 1.54) is 6.92 Å². The van der Waals surface area contributed by atoms with Crippen LogP contribution in [0.3, 0.4) is 0 Å². The Kier molecular flexibility index (Phi) is 7.97. The largest absolute Gasteiger partial charge is 0.480 e. The van der Waals surface area contributed by atoms with E-state index in [2.05, 4.69) is 5.32 Å². The number of carboxylic acid groups (broad SMARTS) is 1. The van der Waals surface area contributed by atoms with Crippen molar-refractivity contribution in [3.63, 3.8) is 0 Å². The second kappa shape index (κ2) is 9.74. The maximum absolute atomic E-state index is 11.9. The van der Waals surface area contributed by atoms with E-state index in [4.69, 9.17) is 10.8 Å². The molecule has 0 aromatic carbocycles. The third-order valence-corrected chi connectivity index (χ3v) is 3.55. The molecule has 0 spiro atoms. The van der Waals surface area contributed by atoms with Crippen molar-refractivity contribution in [2.75, 3.05) is 6.54 Å². The Bertz CT molecular complexity index is 547. The maximum Gasteiger partial charge on any atom is 0.320 e. The highest BCUT2D eigenvalue weighted by molar-refractivity contribution is 5.96. The number of nitrogens with one attached hydrogen (secondary N) is 1. The number of ketones is 1. The number of aliphatic carboxylic acids is 1. The first-order chi connectivity index (χ1) is 10.9. The van der Waals surface area contributed by atoms with Gasteiger partial charge in [-0.25, -0.2) is 0 Å². The molecule has 6 heteroatoms. The summed E-state index contributed by atoms with van der Waals surface area (Å²) in [7, 11) is 0. The number of nitrogens with two attached hydrogens (primary N) is 1. The van der Waals surface area contributed by atoms with Crippen LogP contribution >= 0.6 is 0 Å². The first-order valence-corrected chi connectivity index (χ1v) is 7.73. The van der Waals surface area contributed by atoms with Crippen LogP contribution in [0.1, 0.15) is 39.0 Å². The number of Topliss-reactive ketones (excluding diaryl/α,β-unsaturated/α-hetero) is 1. The van der Waals surface area contributed by atoms with Crippen molar-refractivity contribution in [3.8, 4) is 0 Å². The molecule has 0 aromatic rings. The molecule has 0 aromatic heterocycles. The zero-order valence-corrected chi connectivity index (χ0v) is 13.4. The SMILES string of the molecule is CC(=O)C1=CCC=C(CC(=O)NCCCC[C@H](N)C(=O)O)C=C1. The van der Waals surface area contributed by atoms with E-state index in [0.717, 1.165) is 5.57 Å². The van der Waals surface area contributed by atoms with Crippen molar-refractivity contribution < 1.29 is 19.5 Å². The molecular formula is C17H24N2O4. The number of carbonyl (C=O) groups is 3. The Hall–Kier alpha value is -2.21. The molecule has 1 amide bonds. The molecule has 1 aliphatic carbocycles. The van der Waals surface area contributed by atoms with Crippen molar-refractivity contribution in [2.45, 2.75) is 45.1 Å². The fourth-order valence-electron chi connectivity index (χ4n) is 2.15. The molecule has 6 nitrogen and oxygen atoms in total. The van der Waals surface area contributed by atoms with Gasteiger partial charge in [-0.3, -0.25) is 14.4 Å². The molecule has 0 aliphatic heterocycles. The minimum atomic E-state index is -1.00. The van der Waals surface area contributed by atoms with Gasteiger partial charge in [0, 0.05) is 12.1 Å². The summed E-state index contributed by atoms with van der Waals surface area (Å²) in [5, 5.41) is 11.5. The summed E-state index contributed by atoms with van der Waals surface area (Å²) in [6.45, 7) is 2.02. The second-order valence-corrected chi connectivity index (χ2v) is 5.53. The topological polar surface area (TPSA) is 109 Å². The number of hydrogen-bond acceptors (Lipinski definition) is 4. The van der Waals surface area contributed by atoms with Crippen molar-refractivity contribution in [1.82, 2.24) is 5.32 Å². The quantitative estimate of drug-likeness (QED) is 0.557. The van der Waals surface area contributed by atoms with Crippen LogP contribution in [0.5, 0.6) is 0 Å². The zero-order chi connectivity index (χ0) is 17.2. The first kappa shape index (κ1) is 18.8. The van der Waals surface area contributed by atoms with Crippen LogP contribution in [0, 0.1) is 0 Å². The van der Waals surface area contributed by atoms with E-state index in [0.29, 0.717) is 37.8 Å². The highest BCUT2D eigenvalue weighted by Crippen LogP contribution is 2.14. The van der Waals surface area contributed by atoms with Gasteiger partial charge in [-0.05, 0) is 38.2 Å². The maximum atomic E-state index is 11.9. The zero-order valence-electron chi connectivity index (χ0n) is 13.4. The minimum absolute atomic E-state index is 0.0138. The lowest BCUT2D eigenvalue weighted by Crippen LogP contribution is -2.30. The molecule has 1 aliphatic rings. The summed E-state index contributed by atoms with van der Waals surface area (Å²) in [6, 6.07) is -0.838. The highest BCUT2D eigenvalue weighted by Gasteiger charge is 2.10. The lowest BCUT2D eigenvalue weighted by Gasteiger charge is -2.07. The van der Waals surface area contributed by atoms with Gasteiger partial charge in [0.2, 0.25) is 5.91 Å². The number of rotatable bonds is 9. The third-order valence-electron chi connectivity index (χ3n) is 3.55. The van der Waals surface area contributed by atoms with Gasteiger partial charge in [-0.15, -0.1) is 0 Å². The van der Waals surface area contributed by atoms with E-state index in [9.17, 15) is 14.4 Å². The number of hydrogen-bond donors (Lipinski definition) is 3. The van der Waals surface area contributed by atoms with Crippen LogP contribution in [0.2, 0.25) is 0 Å². The van der Waals surface area contributed by atoms with Crippen molar-refractivity contribution >= 4 is 17.7 Å². The lowest BCUT2D eigenvalue weighted by molar-refractivity contribution is -0.138. The van der Waals surface area contributed by atoms with Crippen LogP contribution in [0.4, 0.5) is 0 Å². The average molecular weight is 320 g/mol. The monoisotopic (exact) mass is 320 g/mol. The predicted octanol–water partition coefficient (Wildman–Crippen LogP) is 1.48. The number of amides is 1. The molecule has 4 N–H and O–H groups in total. The Morgan fingerprint density at radius 1 is 1.26 bits per heavy atom. The summed E-state index contributed by atoms with van der Waals surface area (Å²) in [5.41, 5.74) is 6.93. The molecule has 0 saturated carbocycles. The summed E-state index contributed by atoms with van der Waals surface area (Å²) in [4.78, 5) is 33.7. The normalized spacial score (nSPS) is 15.2. The van der Waals surface area contributed by atoms with Gasteiger partial charge in [-0.1, -0.05) is 24.3 Å². The summed E-state index contributed by atoms with van der Waals surface area (Å²) in [5.74, 6) is -1.07. The van der Waals surface area contributed by atoms with Gasteiger partial charge in [0.1, 0.15) is 6.04 Å². The first-order valence-electron chi connectivity index (χ1n) is 7.73. The Labute approximate surface area is 136 Å². The number of allylic oxidation sites excluding steroid dienone is 5. The van der Waals surface area contributed by atoms with Crippen LogP contribution in [0.25, 0.3) is 0 Å². The fraction of sp³-hybridized carbons (Fsp3) is 0.471. The van der Waals surface area contributed by atoms with Crippen molar-refractivity contribution in [3.05, 3.63) is 35.5 Å². The minimum Gasteiger partial charge on any atom is -0.480 e. The Balaban J connectivity index is 2.25. The average Bonchev–Trinajstić information content (AvgIpc) is 2.72. The highest BCUT2D eigenvalue weighted by atomic mass is 16.4. The van der Waals surface area contributed by atoms with Gasteiger partial charge in [-0.2, -0.15) is 0 Å². The third kappa shape index (κ3) is 7.56. The van der Waals surface area contributed by atoms with Crippen molar-refractivity contribution in [1.29, 1.82) is 0 Å². The second-order valence-electron chi connectivity index (χ2n) is 5.53. The molecule has 0 radical (unpaired) electrons. The smallest absolute Gasteiger partial charge is 0.320 e. The van der Waals surface area contributed by atoms with Gasteiger partial charge < -0.3 is 16.2 Å². The van der Waals surface area contributed by atoms with Gasteiger partial charge >= 0.3 is 5.97 Å². The van der Waals surface area contributed by atoms with Gasteiger partial charge in [0.25, 0.3) is 0 Å². The molecule has 1 rings (SSSR count). The van der Waals surface area contributed by atoms with E-state index in [1.807, 2.05) is 12.2 Å². The summed E-state index contributed by atoms with van der Waals surface area (Å²) < 4.78 is 0. The van der Waals surface area contributed by atoms with E-state index < -0.39 is 12.0 Å². The van der Waals surface area contributed by atoms with Crippen molar-refractivity contribution in [2.24, 2.45) is 5.73 Å². The van der Waals surface area contributed by atoms with Gasteiger partial charge in [0.15, 0.2) is 5.78 Å². The van der Waals surface area contributed by atoms with Gasteiger partial charge in [0.05, 0.1) is 6.42 Å². The molecule has 0 saturated heterocycles. The van der Waals surface area contributed by atoms with Crippen LogP contribution < -0.4 is 11.1 Å². The molecule has 0 fully saturated rings. The number of carbonyl (C=O) groups excluding carboxylic acids is 2. The molecule has 0 heterocycles. The molecule has 23 heavy (non-hydrogen) atoms. The van der Waals surface area contributed by atoms with Crippen LogP contribution in [-0.4, -0.2) is 35.4 Å². The van der Waals surface area contributed by atoms with E-state index in [-0.39, 0.29) is 18.1 Å². The standard InChI is InChI=1S/C17H24N2O4/c1-12(20)14-6-4-5-13(8-9-14)11-16(21)19-10-3-2-7-15(18)17(22)23/h5-6,8-9,15H,2-4,7,10-11,18H2,1H3,(H,19,21)(H,22,23)/t15-/m0/s1. The Morgan fingerprint density at radius 2 is 2.00 bits per heavy atom. The van der Waals surface area contributed by atoms with Crippen LogP contribution in [0.15, 0.2) is 35.5 Å². The van der Waals surface area contributed by atoms with Crippen LogP contribution in [-0.2, 0) is 14.4 Å². The molecule has 0 bridgehead atoms. The van der Waals surface area contributed by atoms with E-state index >= 15 is 0 Å². The number of carboxylic acids is 1. The lowest BCUT2D eigenvalue weighted by atomic mass is 10.1. The molecule has 126 valence electrons. The fourth-order valence-corrected chi connectivity index (χ4v) is 2.15. The summed E-state index contributed by atoms with van der Waals surface area (Å²) in [6.07, 6.45) is 9.96.